The molecule has 0 saturated carbocycles. The van der Waals surface area contributed by atoms with Crippen molar-refractivity contribution in [2.75, 3.05) is 5.32 Å². The Morgan fingerprint density at radius 2 is 1.50 bits per heavy atom. The van der Waals surface area contributed by atoms with Crippen LogP contribution in [-0.2, 0) is 5.54 Å². The molecule has 1 N–H and O–H groups in total. The Labute approximate surface area is 158 Å². The van der Waals surface area contributed by atoms with Gasteiger partial charge in [-0.3, -0.25) is 0 Å². The highest BCUT2D eigenvalue weighted by molar-refractivity contribution is 5.78. The summed E-state index contributed by atoms with van der Waals surface area (Å²) in [4.78, 5) is 0. The van der Waals surface area contributed by atoms with E-state index in [1.54, 1.807) is 0 Å². The summed E-state index contributed by atoms with van der Waals surface area (Å²) >= 11 is 0. The number of allylic oxidation sites excluding steroid dienone is 4. The number of aryl methyl sites for hydroxylation is 3. The summed E-state index contributed by atoms with van der Waals surface area (Å²) in [5.74, 6) is 0. The van der Waals surface area contributed by atoms with Crippen molar-refractivity contribution >= 4 is 11.3 Å². The Bertz CT molecular complexity index is 886. The van der Waals surface area contributed by atoms with Crippen LogP contribution in [0.1, 0.15) is 61.9 Å². The van der Waals surface area contributed by atoms with Gasteiger partial charge in [-0.2, -0.15) is 0 Å². The molecule has 1 aliphatic rings. The highest BCUT2D eigenvalue weighted by Crippen LogP contribution is 2.39. The summed E-state index contributed by atoms with van der Waals surface area (Å²) in [5, 5.41) is 3.85. The number of nitrogens with one attached hydrogen (secondary N) is 1. The highest BCUT2D eigenvalue weighted by Gasteiger charge is 2.27. The molecule has 1 aliphatic carbocycles. The molecule has 0 radical (unpaired) electrons. The number of benzene rings is 2. The van der Waals surface area contributed by atoms with Crippen LogP contribution in [0, 0.1) is 20.8 Å². The molecule has 2 aromatic rings. The molecular weight excluding hydrogens is 314 g/mol. The maximum Gasteiger partial charge on any atom is 0.0575 e. The van der Waals surface area contributed by atoms with Gasteiger partial charge < -0.3 is 5.32 Å². The second kappa shape index (κ2) is 6.79. The maximum absolute atomic E-state index is 3.85. The number of rotatable bonds is 4. The van der Waals surface area contributed by atoms with Crippen molar-refractivity contribution in [1.82, 2.24) is 0 Å². The van der Waals surface area contributed by atoms with Gasteiger partial charge in [0.25, 0.3) is 0 Å². The van der Waals surface area contributed by atoms with Gasteiger partial charge in [-0.25, -0.2) is 0 Å². The van der Waals surface area contributed by atoms with E-state index in [1.165, 1.54) is 50.2 Å². The van der Waals surface area contributed by atoms with E-state index in [4.69, 9.17) is 0 Å². The zero-order chi connectivity index (χ0) is 19.1. The van der Waals surface area contributed by atoms with Gasteiger partial charge in [0.2, 0.25) is 0 Å². The zero-order valence-electron chi connectivity index (χ0n) is 17.2. The third kappa shape index (κ3) is 3.49. The van der Waals surface area contributed by atoms with E-state index < -0.39 is 0 Å². The van der Waals surface area contributed by atoms with E-state index in [-0.39, 0.29) is 5.54 Å². The summed E-state index contributed by atoms with van der Waals surface area (Å²) < 4.78 is 0. The van der Waals surface area contributed by atoms with Gasteiger partial charge >= 0.3 is 0 Å². The fourth-order valence-corrected chi connectivity index (χ4v) is 4.28. The Balaban J connectivity index is 2.03. The molecule has 2 aromatic carbocycles. The minimum Gasteiger partial charge on any atom is -0.376 e. The van der Waals surface area contributed by atoms with Gasteiger partial charge in [0.05, 0.1) is 5.54 Å². The van der Waals surface area contributed by atoms with E-state index in [9.17, 15) is 0 Å². The number of hydrogen-bond donors (Lipinski definition) is 1. The lowest BCUT2D eigenvalue weighted by Crippen LogP contribution is -2.30. The zero-order valence-corrected chi connectivity index (χ0v) is 17.2. The first-order valence-corrected chi connectivity index (χ1v) is 9.52. The van der Waals surface area contributed by atoms with Gasteiger partial charge in [0.15, 0.2) is 0 Å². The Kier molecular flexibility index (Phi) is 4.84. The minimum atomic E-state index is -0.162. The third-order valence-corrected chi connectivity index (χ3v) is 5.43. The average molecular weight is 346 g/mol. The fraction of sp³-hybridized carbons (Fsp3) is 0.360. The molecule has 0 atom stereocenters. The van der Waals surface area contributed by atoms with Gasteiger partial charge in [-0.1, -0.05) is 53.6 Å². The summed E-state index contributed by atoms with van der Waals surface area (Å²) in [7, 11) is 0. The van der Waals surface area contributed by atoms with Crippen LogP contribution in [-0.4, -0.2) is 0 Å². The van der Waals surface area contributed by atoms with Gasteiger partial charge in [0, 0.05) is 5.69 Å². The molecule has 0 unspecified atom stereocenters. The van der Waals surface area contributed by atoms with Crippen LogP contribution in [0.15, 0.2) is 53.6 Å². The summed E-state index contributed by atoms with van der Waals surface area (Å²) in [5.41, 5.74) is 12.1. The van der Waals surface area contributed by atoms with Gasteiger partial charge in [0.1, 0.15) is 0 Å². The number of anilines is 1. The predicted molar refractivity (Wildman–Crippen MR) is 115 cm³/mol. The molecule has 0 aromatic heterocycles. The van der Waals surface area contributed by atoms with Crippen LogP contribution in [0.5, 0.6) is 0 Å². The van der Waals surface area contributed by atoms with Crippen molar-refractivity contribution in [3.05, 3.63) is 81.4 Å². The van der Waals surface area contributed by atoms with E-state index in [1.807, 2.05) is 0 Å². The predicted octanol–water partition coefficient (Wildman–Crippen LogP) is 7.08. The molecule has 0 saturated heterocycles. The van der Waals surface area contributed by atoms with Crippen LogP contribution in [0.2, 0.25) is 0 Å². The minimum absolute atomic E-state index is 0.162. The molecule has 0 heterocycles. The Morgan fingerprint density at radius 3 is 2.08 bits per heavy atom. The van der Waals surface area contributed by atoms with E-state index in [0.29, 0.717) is 0 Å². The lowest BCUT2D eigenvalue weighted by atomic mass is 9.84. The Hall–Kier alpha value is -2.28. The van der Waals surface area contributed by atoms with E-state index in [0.717, 1.165) is 6.42 Å². The fourth-order valence-electron chi connectivity index (χ4n) is 4.28. The molecule has 0 spiro atoms. The maximum atomic E-state index is 3.85. The molecule has 0 bridgehead atoms. The topological polar surface area (TPSA) is 12.0 Å². The van der Waals surface area contributed by atoms with Crippen LogP contribution in [0.3, 0.4) is 0 Å². The van der Waals surface area contributed by atoms with Crippen LogP contribution in [0.4, 0.5) is 5.69 Å². The SMILES string of the molecule is CC1=CC(C)=C(c2ccccc2C(C)(C)Nc2c(C)cc(C)cc2C)C1. The lowest BCUT2D eigenvalue weighted by molar-refractivity contribution is 0.606. The molecule has 0 aliphatic heterocycles. The first-order valence-electron chi connectivity index (χ1n) is 9.52. The molecule has 26 heavy (non-hydrogen) atoms. The standard InChI is InChI=1S/C25H31N/c1-16-13-19(4)24(20(5)14-16)26-25(6,7)23-11-9-8-10-21(23)22-15-17(2)12-18(22)3/h8-14,26H,15H2,1-7H3. The normalized spacial score (nSPS) is 14.7. The first-order chi connectivity index (χ1) is 12.2. The smallest absolute Gasteiger partial charge is 0.0575 e. The molecule has 0 amide bonds. The molecule has 1 nitrogen and oxygen atoms in total. The monoisotopic (exact) mass is 345 g/mol. The van der Waals surface area contributed by atoms with E-state index in [2.05, 4.69) is 96.3 Å². The second-order valence-electron chi connectivity index (χ2n) is 8.40. The second-order valence-corrected chi connectivity index (χ2v) is 8.40. The molecule has 136 valence electrons. The van der Waals surface area contributed by atoms with Crippen molar-refractivity contribution in [2.45, 2.75) is 60.4 Å². The Morgan fingerprint density at radius 1 is 0.885 bits per heavy atom. The van der Waals surface area contributed by atoms with Crippen molar-refractivity contribution in [3.8, 4) is 0 Å². The molecular formula is C25H31N. The molecule has 0 fully saturated rings. The van der Waals surface area contributed by atoms with Crippen molar-refractivity contribution < 1.29 is 0 Å². The summed E-state index contributed by atoms with van der Waals surface area (Å²) in [6.07, 6.45) is 3.38. The van der Waals surface area contributed by atoms with Gasteiger partial charge in [-0.05, 0) is 88.3 Å². The van der Waals surface area contributed by atoms with Crippen LogP contribution in [0.25, 0.3) is 5.57 Å². The van der Waals surface area contributed by atoms with Crippen molar-refractivity contribution in [1.29, 1.82) is 0 Å². The largest absolute Gasteiger partial charge is 0.376 e. The third-order valence-electron chi connectivity index (χ3n) is 5.43. The summed E-state index contributed by atoms with van der Waals surface area (Å²) in [6, 6.07) is 13.4. The molecule has 1 heteroatoms. The van der Waals surface area contributed by atoms with Crippen molar-refractivity contribution in [3.63, 3.8) is 0 Å². The first kappa shape index (κ1) is 18.5. The number of hydrogen-bond acceptors (Lipinski definition) is 1. The quantitative estimate of drug-likeness (QED) is 0.624. The van der Waals surface area contributed by atoms with Crippen molar-refractivity contribution in [2.24, 2.45) is 0 Å². The lowest BCUT2D eigenvalue weighted by Gasteiger charge is -2.32. The molecule has 3 rings (SSSR count). The van der Waals surface area contributed by atoms with Crippen LogP contribution >= 0.6 is 0 Å². The average Bonchev–Trinajstić information content (AvgIpc) is 2.89. The highest BCUT2D eigenvalue weighted by atomic mass is 15.0. The van der Waals surface area contributed by atoms with E-state index >= 15 is 0 Å². The van der Waals surface area contributed by atoms with Crippen LogP contribution < -0.4 is 5.32 Å². The summed E-state index contributed by atoms with van der Waals surface area (Å²) in [6.45, 7) is 15.6. The van der Waals surface area contributed by atoms with Gasteiger partial charge in [-0.15, -0.1) is 0 Å².